The lowest BCUT2D eigenvalue weighted by molar-refractivity contribution is -0.138. The molecule has 0 aliphatic heterocycles. The van der Waals surface area contributed by atoms with Crippen LogP contribution in [0, 0.1) is 5.82 Å². The Morgan fingerprint density at radius 2 is 1.73 bits per heavy atom. The molecule has 0 amide bonds. The number of benzene rings is 1. The van der Waals surface area contributed by atoms with E-state index in [1.54, 1.807) is 24.4 Å². The van der Waals surface area contributed by atoms with Crippen molar-refractivity contribution in [2.45, 2.75) is 39.0 Å². The highest BCUT2D eigenvalue weighted by molar-refractivity contribution is 5.63. The molecule has 3 rings (SSSR count). The minimum Gasteiger partial charge on any atom is -0.493 e. The molecule has 2 heterocycles. The van der Waals surface area contributed by atoms with E-state index >= 15 is 0 Å². The number of halogens is 4. The Bertz CT molecular complexity index is 1040. The van der Waals surface area contributed by atoms with Crippen LogP contribution < -0.4 is 9.47 Å². The zero-order valence-corrected chi connectivity index (χ0v) is 16.9. The molecule has 0 aliphatic carbocycles. The first kappa shape index (κ1) is 21.6. The van der Waals surface area contributed by atoms with Crippen LogP contribution in [0.4, 0.5) is 17.6 Å². The molecular weight excluding hydrogens is 402 g/mol. The van der Waals surface area contributed by atoms with Gasteiger partial charge in [-0.2, -0.15) is 13.2 Å². The first-order valence-corrected chi connectivity index (χ1v) is 9.07. The summed E-state index contributed by atoms with van der Waals surface area (Å²) in [7, 11) is 1.45. The van der Waals surface area contributed by atoms with Crippen molar-refractivity contribution in [3.63, 3.8) is 0 Å². The lowest BCUT2D eigenvalue weighted by Crippen LogP contribution is -2.13. The fraction of sp³-hybridized carbons (Fsp3) is 0.333. The van der Waals surface area contributed by atoms with Crippen LogP contribution in [-0.4, -0.2) is 22.1 Å². The Kier molecular flexibility index (Phi) is 5.74. The summed E-state index contributed by atoms with van der Waals surface area (Å²) in [4.78, 5) is 11.2. The molecular formula is C21H21F4N3O2. The van der Waals surface area contributed by atoms with Crippen LogP contribution in [0.1, 0.15) is 37.9 Å². The van der Waals surface area contributed by atoms with Gasteiger partial charge in [0, 0.05) is 17.2 Å². The molecule has 1 N–H and O–H groups in total. The second kappa shape index (κ2) is 7.97. The van der Waals surface area contributed by atoms with Gasteiger partial charge >= 0.3 is 6.18 Å². The molecule has 2 aromatic heterocycles. The fourth-order valence-corrected chi connectivity index (χ4v) is 2.68. The number of imidazole rings is 1. The molecule has 0 saturated carbocycles. The van der Waals surface area contributed by atoms with E-state index in [2.05, 4.69) is 15.0 Å². The van der Waals surface area contributed by atoms with E-state index in [1.165, 1.54) is 7.11 Å². The number of aromatic amines is 1. The quantitative estimate of drug-likeness (QED) is 0.550. The molecule has 1 aromatic carbocycles. The third-order valence-corrected chi connectivity index (χ3v) is 4.37. The number of hydrogen-bond donors (Lipinski definition) is 1. The molecule has 0 bridgehead atoms. The highest BCUT2D eigenvalue weighted by Gasteiger charge is 2.32. The summed E-state index contributed by atoms with van der Waals surface area (Å²) in [5.41, 5.74) is 0.0723. The lowest BCUT2D eigenvalue weighted by atomic mass is 9.96. The van der Waals surface area contributed by atoms with Crippen molar-refractivity contribution in [2.75, 3.05) is 7.11 Å². The van der Waals surface area contributed by atoms with Crippen molar-refractivity contribution in [1.82, 2.24) is 15.0 Å². The van der Waals surface area contributed by atoms with E-state index in [9.17, 15) is 17.6 Å². The van der Waals surface area contributed by atoms with Crippen molar-refractivity contribution < 1.29 is 27.0 Å². The number of methoxy groups -OCH3 is 1. The van der Waals surface area contributed by atoms with E-state index in [0.29, 0.717) is 23.8 Å². The number of hydrogen-bond acceptors (Lipinski definition) is 4. The Balaban J connectivity index is 1.78. The van der Waals surface area contributed by atoms with E-state index in [1.807, 2.05) is 20.8 Å². The third-order valence-electron chi connectivity index (χ3n) is 4.37. The lowest BCUT2D eigenvalue weighted by Gasteiger charge is -2.14. The molecule has 5 nitrogen and oxygen atoms in total. The number of H-pyrrole nitrogens is 1. The predicted molar refractivity (Wildman–Crippen MR) is 103 cm³/mol. The number of rotatable bonds is 5. The number of ether oxygens (including phenoxy) is 2. The molecule has 0 radical (unpaired) electrons. The number of nitrogens with zero attached hydrogens (tertiary/aromatic N) is 2. The van der Waals surface area contributed by atoms with Crippen LogP contribution in [0.2, 0.25) is 0 Å². The van der Waals surface area contributed by atoms with Gasteiger partial charge in [-0.15, -0.1) is 0 Å². The van der Waals surface area contributed by atoms with Crippen LogP contribution in [0.15, 0.2) is 36.7 Å². The van der Waals surface area contributed by atoms with Crippen LogP contribution in [0.25, 0.3) is 11.3 Å². The van der Waals surface area contributed by atoms with Crippen molar-refractivity contribution in [2.24, 2.45) is 0 Å². The topological polar surface area (TPSA) is 60.0 Å². The van der Waals surface area contributed by atoms with Crippen LogP contribution in [-0.2, 0) is 18.2 Å². The minimum atomic E-state index is -4.66. The van der Waals surface area contributed by atoms with Gasteiger partial charge in [0.2, 0.25) is 0 Å². The van der Waals surface area contributed by atoms with Crippen molar-refractivity contribution in [3.8, 4) is 22.8 Å². The minimum absolute atomic E-state index is 0.135. The summed E-state index contributed by atoms with van der Waals surface area (Å²) in [5.74, 6) is 0.429. The predicted octanol–water partition coefficient (Wildman–Crippen LogP) is 5.51. The molecule has 0 aliphatic rings. The standard InChI is InChI=1S/C21H21F4N3O2/c1-20(2,3)19-27-10-15(28-19)12-5-6-17(18(7-12)29-4)30-11-16-14(22)8-13(9-26-16)21(23,24)25/h5-10H,11H2,1-4H3,(H,27,28). The van der Waals surface area contributed by atoms with Crippen LogP contribution in [0.3, 0.4) is 0 Å². The van der Waals surface area contributed by atoms with Gasteiger partial charge in [-0.3, -0.25) is 4.98 Å². The average molecular weight is 423 g/mol. The number of alkyl halides is 3. The molecule has 0 fully saturated rings. The maximum absolute atomic E-state index is 14.0. The average Bonchev–Trinajstić information content (AvgIpc) is 3.17. The molecule has 0 spiro atoms. The van der Waals surface area contributed by atoms with Gasteiger partial charge in [-0.05, 0) is 24.3 Å². The molecule has 0 saturated heterocycles. The zero-order chi connectivity index (χ0) is 22.1. The summed E-state index contributed by atoms with van der Waals surface area (Å²) in [5, 5.41) is 0. The highest BCUT2D eigenvalue weighted by Crippen LogP contribution is 2.34. The second-order valence-corrected chi connectivity index (χ2v) is 7.70. The van der Waals surface area contributed by atoms with Gasteiger partial charge in [0.25, 0.3) is 0 Å². The van der Waals surface area contributed by atoms with Gasteiger partial charge in [0.05, 0.1) is 24.6 Å². The third kappa shape index (κ3) is 4.72. The Morgan fingerprint density at radius 1 is 1.00 bits per heavy atom. The Hall–Kier alpha value is -3.10. The van der Waals surface area contributed by atoms with Gasteiger partial charge < -0.3 is 14.5 Å². The molecule has 3 aromatic rings. The largest absolute Gasteiger partial charge is 0.493 e. The summed E-state index contributed by atoms with van der Waals surface area (Å²) < 4.78 is 62.7. The van der Waals surface area contributed by atoms with Crippen molar-refractivity contribution >= 4 is 0 Å². The first-order chi connectivity index (χ1) is 14.0. The summed E-state index contributed by atoms with van der Waals surface area (Å²) >= 11 is 0. The normalized spacial score (nSPS) is 12.1. The number of pyridine rings is 1. The smallest absolute Gasteiger partial charge is 0.417 e. The van der Waals surface area contributed by atoms with E-state index in [4.69, 9.17) is 9.47 Å². The van der Waals surface area contributed by atoms with Crippen LogP contribution >= 0.6 is 0 Å². The maximum atomic E-state index is 14.0. The monoisotopic (exact) mass is 423 g/mol. The van der Waals surface area contributed by atoms with E-state index < -0.39 is 17.6 Å². The van der Waals surface area contributed by atoms with Gasteiger partial charge in [0.15, 0.2) is 11.5 Å². The molecule has 30 heavy (non-hydrogen) atoms. The summed E-state index contributed by atoms with van der Waals surface area (Å²) in [6.45, 7) is 5.78. The number of aromatic nitrogens is 3. The Morgan fingerprint density at radius 3 is 2.30 bits per heavy atom. The summed E-state index contributed by atoms with van der Waals surface area (Å²) in [6, 6.07) is 5.53. The zero-order valence-electron chi connectivity index (χ0n) is 16.9. The fourth-order valence-electron chi connectivity index (χ4n) is 2.68. The van der Waals surface area contributed by atoms with Gasteiger partial charge in [-0.25, -0.2) is 9.37 Å². The Labute approximate surface area is 171 Å². The van der Waals surface area contributed by atoms with Crippen molar-refractivity contribution in [3.05, 3.63) is 59.6 Å². The second-order valence-electron chi connectivity index (χ2n) is 7.70. The highest BCUT2D eigenvalue weighted by atomic mass is 19.4. The molecule has 0 unspecified atom stereocenters. The first-order valence-electron chi connectivity index (χ1n) is 9.07. The molecule has 0 atom stereocenters. The molecule has 160 valence electrons. The number of nitrogens with one attached hydrogen (secondary N) is 1. The summed E-state index contributed by atoms with van der Waals surface area (Å²) in [6.07, 6.45) is -2.36. The van der Waals surface area contributed by atoms with Gasteiger partial charge in [0.1, 0.15) is 23.9 Å². The van der Waals surface area contributed by atoms with Crippen LogP contribution in [0.5, 0.6) is 11.5 Å². The van der Waals surface area contributed by atoms with Gasteiger partial charge in [-0.1, -0.05) is 20.8 Å². The van der Waals surface area contributed by atoms with E-state index in [-0.39, 0.29) is 17.7 Å². The van der Waals surface area contributed by atoms with Crippen molar-refractivity contribution in [1.29, 1.82) is 0 Å². The SMILES string of the molecule is COc1cc(-c2cnc(C(C)(C)C)[nH]2)ccc1OCc1ncc(C(F)(F)F)cc1F. The molecule has 9 heteroatoms. The van der Waals surface area contributed by atoms with E-state index in [0.717, 1.165) is 17.1 Å². The maximum Gasteiger partial charge on any atom is 0.417 e.